The summed E-state index contributed by atoms with van der Waals surface area (Å²) >= 11 is 0. The van der Waals surface area contributed by atoms with Crippen LogP contribution in [0.5, 0.6) is 0 Å². The normalized spacial score (nSPS) is 33.2. The van der Waals surface area contributed by atoms with Gasteiger partial charge < -0.3 is 18.9 Å². The standard InChI is InChI=1S/C14H20O8/c1-13(11(17)21-5)7(9(15)19-3)8(10(16)20-4)14(13,2)12(18)22-6/h7-8H,1-6H3/t7-,8?,13-,14?/m1/s1. The fourth-order valence-electron chi connectivity index (χ4n) is 3.32. The predicted molar refractivity (Wildman–Crippen MR) is 71.3 cm³/mol. The van der Waals surface area contributed by atoms with Crippen molar-refractivity contribution in [3.05, 3.63) is 0 Å². The van der Waals surface area contributed by atoms with Gasteiger partial charge in [-0.1, -0.05) is 0 Å². The molecular formula is C14H20O8. The maximum Gasteiger partial charge on any atom is 0.313 e. The number of hydrogen-bond acceptors (Lipinski definition) is 8. The average molecular weight is 316 g/mol. The maximum atomic E-state index is 12.2. The molecular weight excluding hydrogens is 296 g/mol. The van der Waals surface area contributed by atoms with Gasteiger partial charge >= 0.3 is 23.9 Å². The Labute approximate surface area is 128 Å². The minimum Gasteiger partial charge on any atom is -0.469 e. The highest BCUT2D eigenvalue weighted by Crippen LogP contribution is 2.66. The van der Waals surface area contributed by atoms with Gasteiger partial charge in [-0.3, -0.25) is 19.2 Å². The molecule has 124 valence electrons. The van der Waals surface area contributed by atoms with Gasteiger partial charge in [-0.2, -0.15) is 0 Å². The minimum atomic E-state index is -1.61. The van der Waals surface area contributed by atoms with Crippen LogP contribution in [0.2, 0.25) is 0 Å². The van der Waals surface area contributed by atoms with Gasteiger partial charge in [0.25, 0.3) is 0 Å². The molecule has 1 saturated carbocycles. The molecule has 0 bridgehead atoms. The molecule has 0 aromatic heterocycles. The molecule has 0 aromatic rings. The van der Waals surface area contributed by atoms with Gasteiger partial charge in [-0.25, -0.2) is 0 Å². The minimum absolute atomic E-state index is 0.801. The van der Waals surface area contributed by atoms with Crippen LogP contribution >= 0.6 is 0 Å². The van der Waals surface area contributed by atoms with Crippen molar-refractivity contribution in [1.82, 2.24) is 0 Å². The van der Waals surface area contributed by atoms with Crippen LogP contribution in [0.1, 0.15) is 13.8 Å². The third-order valence-corrected chi connectivity index (χ3v) is 4.79. The summed E-state index contributed by atoms with van der Waals surface area (Å²) in [5.74, 6) is -5.63. The molecule has 0 aromatic carbocycles. The Morgan fingerprint density at radius 2 is 0.909 bits per heavy atom. The second-order valence-corrected chi connectivity index (χ2v) is 5.39. The molecule has 0 saturated heterocycles. The summed E-state index contributed by atoms with van der Waals surface area (Å²) in [6, 6.07) is 0. The number of esters is 4. The van der Waals surface area contributed by atoms with Crippen LogP contribution < -0.4 is 0 Å². The summed E-state index contributed by atoms with van der Waals surface area (Å²) in [6.45, 7) is 2.74. The van der Waals surface area contributed by atoms with Crippen LogP contribution in [0.4, 0.5) is 0 Å². The van der Waals surface area contributed by atoms with Gasteiger partial charge in [0.15, 0.2) is 0 Å². The molecule has 0 radical (unpaired) electrons. The van der Waals surface area contributed by atoms with Crippen LogP contribution in [0, 0.1) is 22.7 Å². The molecule has 8 heteroatoms. The fourth-order valence-corrected chi connectivity index (χ4v) is 3.32. The van der Waals surface area contributed by atoms with Crippen molar-refractivity contribution in [1.29, 1.82) is 0 Å². The van der Waals surface area contributed by atoms with Gasteiger partial charge in [-0.15, -0.1) is 0 Å². The largest absolute Gasteiger partial charge is 0.469 e. The first-order chi connectivity index (χ1) is 10.2. The second kappa shape index (κ2) is 5.94. The SMILES string of the molecule is COC(=O)C1[C@H](C(=O)OC)[C@](C)(C(=O)OC)C1(C)C(=O)OC. The number of carbonyl (C=O) groups excluding carboxylic acids is 4. The van der Waals surface area contributed by atoms with Gasteiger partial charge in [0.2, 0.25) is 0 Å². The monoisotopic (exact) mass is 316 g/mol. The lowest BCUT2D eigenvalue weighted by Crippen LogP contribution is -2.73. The molecule has 0 N–H and O–H groups in total. The third kappa shape index (κ3) is 1.97. The number of ether oxygens (including phenoxy) is 4. The Kier molecular flexibility index (Phi) is 4.84. The molecule has 22 heavy (non-hydrogen) atoms. The van der Waals surface area contributed by atoms with Crippen molar-refractivity contribution in [2.75, 3.05) is 28.4 Å². The maximum absolute atomic E-state index is 12.2. The third-order valence-electron chi connectivity index (χ3n) is 4.79. The van der Waals surface area contributed by atoms with Crippen LogP contribution in [0.25, 0.3) is 0 Å². The lowest BCUT2D eigenvalue weighted by molar-refractivity contribution is -0.237. The quantitative estimate of drug-likeness (QED) is 0.524. The number of carbonyl (C=O) groups is 4. The summed E-state index contributed by atoms with van der Waals surface area (Å²) in [5, 5.41) is 0. The van der Waals surface area contributed by atoms with E-state index in [1.54, 1.807) is 0 Å². The number of methoxy groups -OCH3 is 4. The van der Waals surface area contributed by atoms with Crippen LogP contribution in [-0.4, -0.2) is 52.3 Å². The van der Waals surface area contributed by atoms with Crippen molar-refractivity contribution in [3.8, 4) is 0 Å². The van der Waals surface area contributed by atoms with Crippen molar-refractivity contribution in [2.45, 2.75) is 13.8 Å². The van der Waals surface area contributed by atoms with Crippen molar-refractivity contribution in [2.24, 2.45) is 22.7 Å². The zero-order chi connectivity index (χ0) is 17.3. The van der Waals surface area contributed by atoms with E-state index in [-0.39, 0.29) is 0 Å². The molecule has 4 atom stereocenters. The zero-order valence-corrected chi connectivity index (χ0v) is 13.4. The summed E-state index contributed by atoms with van der Waals surface area (Å²) in [6.07, 6.45) is 0. The fraction of sp³-hybridized carbons (Fsp3) is 0.714. The Balaban J connectivity index is 3.54. The summed E-state index contributed by atoms with van der Waals surface area (Å²) in [4.78, 5) is 48.6. The van der Waals surface area contributed by atoms with Gasteiger partial charge in [0, 0.05) is 0 Å². The molecule has 0 spiro atoms. The summed E-state index contributed by atoms with van der Waals surface area (Å²) < 4.78 is 18.8. The van der Waals surface area contributed by atoms with E-state index in [4.69, 9.17) is 9.47 Å². The Morgan fingerprint density at radius 3 is 1.09 bits per heavy atom. The van der Waals surface area contributed by atoms with E-state index in [0.717, 1.165) is 28.4 Å². The van der Waals surface area contributed by atoms with E-state index >= 15 is 0 Å². The molecule has 2 unspecified atom stereocenters. The van der Waals surface area contributed by atoms with Gasteiger partial charge in [0.05, 0.1) is 51.1 Å². The number of rotatable bonds is 4. The highest BCUT2D eigenvalue weighted by Gasteiger charge is 2.80. The lowest BCUT2D eigenvalue weighted by atomic mass is 9.39. The molecule has 0 heterocycles. The topological polar surface area (TPSA) is 105 Å². The van der Waals surface area contributed by atoms with Crippen LogP contribution in [0.15, 0.2) is 0 Å². The Morgan fingerprint density at radius 1 is 0.636 bits per heavy atom. The van der Waals surface area contributed by atoms with E-state index in [0.29, 0.717) is 0 Å². The summed E-state index contributed by atoms with van der Waals surface area (Å²) in [5.41, 5.74) is -3.22. The van der Waals surface area contributed by atoms with E-state index in [2.05, 4.69) is 9.47 Å². The van der Waals surface area contributed by atoms with Crippen LogP contribution in [-0.2, 0) is 38.1 Å². The molecule has 0 amide bonds. The average Bonchev–Trinajstić information content (AvgIpc) is 2.54. The molecule has 8 nitrogen and oxygen atoms in total. The van der Waals surface area contributed by atoms with Crippen molar-refractivity contribution < 1.29 is 38.1 Å². The Hall–Kier alpha value is -2.12. The smallest absolute Gasteiger partial charge is 0.313 e. The summed E-state index contributed by atoms with van der Waals surface area (Å²) in [7, 11) is 4.51. The highest BCUT2D eigenvalue weighted by molar-refractivity contribution is 6.02. The number of hydrogen-bond donors (Lipinski definition) is 0. The first-order valence-electron chi connectivity index (χ1n) is 6.50. The molecule has 1 rings (SSSR count). The first-order valence-corrected chi connectivity index (χ1v) is 6.50. The van der Waals surface area contributed by atoms with Gasteiger partial charge in [0.1, 0.15) is 0 Å². The van der Waals surface area contributed by atoms with Gasteiger partial charge in [-0.05, 0) is 13.8 Å². The van der Waals surface area contributed by atoms with E-state index in [1.807, 2.05) is 0 Å². The van der Waals surface area contributed by atoms with E-state index in [9.17, 15) is 19.2 Å². The Bertz CT molecular complexity index is 467. The zero-order valence-electron chi connectivity index (χ0n) is 13.4. The van der Waals surface area contributed by atoms with Crippen molar-refractivity contribution in [3.63, 3.8) is 0 Å². The van der Waals surface area contributed by atoms with Crippen LogP contribution in [0.3, 0.4) is 0 Å². The first kappa shape index (κ1) is 17.9. The molecule has 1 aliphatic carbocycles. The highest BCUT2D eigenvalue weighted by atomic mass is 16.5. The van der Waals surface area contributed by atoms with E-state index < -0.39 is 46.5 Å². The lowest BCUT2D eigenvalue weighted by Gasteiger charge is -2.59. The molecule has 0 aliphatic heterocycles. The van der Waals surface area contributed by atoms with Crippen molar-refractivity contribution >= 4 is 23.9 Å². The molecule has 1 fully saturated rings. The van der Waals surface area contributed by atoms with E-state index in [1.165, 1.54) is 13.8 Å². The predicted octanol–water partition coefficient (Wildman–Crippen LogP) is -0.0630. The second-order valence-electron chi connectivity index (χ2n) is 5.39. The molecule has 1 aliphatic rings.